The van der Waals surface area contributed by atoms with Crippen LogP contribution in [-0.2, 0) is 6.54 Å². The molecule has 4 aromatic rings. The molecule has 33 heavy (non-hydrogen) atoms. The summed E-state index contributed by atoms with van der Waals surface area (Å²) in [4.78, 5) is 25.5. The molecule has 0 atom stereocenters. The van der Waals surface area contributed by atoms with E-state index in [9.17, 15) is 4.79 Å². The number of nitrogens with zero attached hydrogens (tertiary/aromatic N) is 6. The van der Waals surface area contributed by atoms with E-state index in [0.29, 0.717) is 47.3 Å². The maximum atomic E-state index is 12.0. The number of aromatic nitrogens is 5. The Balaban J connectivity index is 1.61. The summed E-state index contributed by atoms with van der Waals surface area (Å²) < 4.78 is 13.8. The van der Waals surface area contributed by atoms with E-state index in [1.165, 1.54) is 0 Å². The molecule has 1 N–H and O–H groups in total. The van der Waals surface area contributed by atoms with E-state index in [-0.39, 0.29) is 6.03 Å². The number of benzene rings is 1. The van der Waals surface area contributed by atoms with Crippen molar-refractivity contribution < 1.29 is 14.3 Å². The zero-order valence-corrected chi connectivity index (χ0v) is 19.3. The summed E-state index contributed by atoms with van der Waals surface area (Å²) in [7, 11) is 3.22. The van der Waals surface area contributed by atoms with Gasteiger partial charge in [0.1, 0.15) is 11.3 Å². The monoisotopic (exact) mass is 465 g/mol. The number of urea groups is 1. The third-order valence-electron chi connectivity index (χ3n) is 4.88. The maximum absolute atomic E-state index is 12.0. The summed E-state index contributed by atoms with van der Waals surface area (Å²) in [6.45, 7) is 2.81. The van der Waals surface area contributed by atoms with Crippen LogP contribution in [0.4, 0.5) is 10.6 Å². The Hall–Kier alpha value is -3.86. The van der Waals surface area contributed by atoms with Crippen LogP contribution >= 0.6 is 12.8 Å². The van der Waals surface area contributed by atoms with Gasteiger partial charge in [0.2, 0.25) is 0 Å². The fourth-order valence-corrected chi connectivity index (χ4v) is 3.49. The first-order valence-electron chi connectivity index (χ1n) is 10.2. The normalized spacial score (nSPS) is 10.8. The van der Waals surface area contributed by atoms with Crippen molar-refractivity contribution in [2.45, 2.75) is 13.5 Å². The van der Waals surface area contributed by atoms with Gasteiger partial charge in [-0.2, -0.15) is 5.10 Å². The van der Waals surface area contributed by atoms with Crippen molar-refractivity contribution in [1.29, 1.82) is 0 Å². The van der Waals surface area contributed by atoms with Gasteiger partial charge in [-0.05, 0) is 25.1 Å². The number of fused-ring (bicyclic) bond motifs is 1. The first-order chi connectivity index (χ1) is 16.0. The number of pyridine rings is 1. The van der Waals surface area contributed by atoms with Gasteiger partial charge in [0, 0.05) is 23.9 Å². The molecule has 0 aliphatic heterocycles. The minimum atomic E-state index is -0.369. The van der Waals surface area contributed by atoms with E-state index in [1.807, 2.05) is 31.3 Å². The lowest BCUT2D eigenvalue weighted by Gasteiger charge is -2.14. The highest BCUT2D eigenvalue weighted by Gasteiger charge is 2.15. The minimum absolute atomic E-state index is 0.351. The number of methoxy groups -OCH3 is 2. The molecule has 0 spiro atoms. The maximum Gasteiger partial charge on any atom is 0.333 e. The molecule has 0 aliphatic rings. The van der Waals surface area contributed by atoms with Gasteiger partial charge in [-0.15, -0.1) is 0 Å². The van der Waals surface area contributed by atoms with Gasteiger partial charge >= 0.3 is 6.03 Å². The topological polar surface area (TPSA) is 107 Å². The van der Waals surface area contributed by atoms with Crippen molar-refractivity contribution in [3.05, 3.63) is 54.5 Å². The molecule has 3 heterocycles. The molecular formula is C22H23N7O3S. The van der Waals surface area contributed by atoms with Gasteiger partial charge in [0.15, 0.2) is 17.1 Å². The average Bonchev–Trinajstić information content (AvgIpc) is 3.31. The summed E-state index contributed by atoms with van der Waals surface area (Å²) in [5.74, 6) is 1.68. The molecule has 0 radical (unpaired) electrons. The predicted octanol–water partition coefficient (Wildman–Crippen LogP) is 3.33. The molecule has 1 aromatic carbocycles. The summed E-state index contributed by atoms with van der Waals surface area (Å²) in [5, 5.41) is 7.12. The molecule has 3 aromatic heterocycles. The fraction of sp³-hybridized carbons (Fsp3) is 0.227. The third-order valence-corrected chi connectivity index (χ3v) is 5.26. The molecule has 0 aliphatic carbocycles. The van der Waals surface area contributed by atoms with Crippen LogP contribution in [-0.4, -0.2) is 51.5 Å². The Morgan fingerprint density at radius 2 is 2.00 bits per heavy atom. The zero-order chi connectivity index (χ0) is 23.4. The molecule has 170 valence electrons. The second-order valence-corrected chi connectivity index (χ2v) is 7.39. The van der Waals surface area contributed by atoms with Crippen molar-refractivity contribution in [2.24, 2.45) is 0 Å². The van der Waals surface area contributed by atoms with Gasteiger partial charge in [-0.1, -0.05) is 24.9 Å². The number of para-hydroxylation sites is 1. The van der Waals surface area contributed by atoms with Crippen LogP contribution < -0.4 is 19.1 Å². The van der Waals surface area contributed by atoms with Crippen molar-refractivity contribution >= 4 is 35.8 Å². The highest BCUT2D eigenvalue weighted by molar-refractivity contribution is 7.82. The Morgan fingerprint density at radius 1 is 1.15 bits per heavy atom. The number of nitrogens with one attached hydrogen (secondary N) is 1. The quantitative estimate of drug-likeness (QED) is 0.403. The van der Waals surface area contributed by atoms with Crippen LogP contribution in [0, 0.1) is 0 Å². The Labute approximate surface area is 196 Å². The number of amides is 2. The molecule has 0 saturated heterocycles. The van der Waals surface area contributed by atoms with E-state index in [4.69, 9.17) is 9.47 Å². The van der Waals surface area contributed by atoms with Crippen molar-refractivity contribution in [2.75, 3.05) is 25.1 Å². The number of anilines is 1. The highest BCUT2D eigenvalue weighted by Crippen LogP contribution is 2.31. The Morgan fingerprint density at radius 3 is 2.76 bits per heavy atom. The number of hydrogen-bond acceptors (Lipinski definition) is 8. The van der Waals surface area contributed by atoms with Crippen molar-refractivity contribution in [3.63, 3.8) is 0 Å². The predicted molar refractivity (Wildman–Crippen MR) is 128 cm³/mol. The van der Waals surface area contributed by atoms with Crippen LogP contribution in [0.1, 0.15) is 12.5 Å². The van der Waals surface area contributed by atoms with Crippen LogP contribution in [0.5, 0.6) is 11.5 Å². The number of hydrogen-bond donors (Lipinski definition) is 2. The van der Waals surface area contributed by atoms with Crippen molar-refractivity contribution in [3.8, 4) is 22.8 Å². The third kappa shape index (κ3) is 4.67. The summed E-state index contributed by atoms with van der Waals surface area (Å²) >= 11 is 4.23. The number of ether oxygens (including phenoxy) is 2. The molecule has 0 saturated carbocycles. The molecule has 4 rings (SSSR count). The van der Waals surface area contributed by atoms with Gasteiger partial charge in [-0.3, -0.25) is 9.67 Å². The van der Waals surface area contributed by atoms with E-state index >= 15 is 0 Å². The first kappa shape index (κ1) is 22.3. The highest BCUT2D eigenvalue weighted by atomic mass is 32.1. The first-order valence-corrected chi connectivity index (χ1v) is 10.6. The van der Waals surface area contributed by atoms with Crippen LogP contribution in [0.25, 0.3) is 22.4 Å². The van der Waals surface area contributed by atoms with Gasteiger partial charge in [0.25, 0.3) is 0 Å². The summed E-state index contributed by atoms with van der Waals surface area (Å²) in [6.07, 6.45) is 5.25. The second-order valence-electron chi connectivity index (χ2n) is 6.99. The van der Waals surface area contributed by atoms with E-state index < -0.39 is 0 Å². The average molecular weight is 466 g/mol. The standard InChI is InChI=1S/C22H23N7O3S/c1-4-23-22(30)29(33)19-9-8-16-21(27-19)26-17(11-24-16)15-10-25-28(13-15)12-14-6-5-7-18(31-2)20(14)32-3/h5-11,13,33H,4,12H2,1-3H3,(H,23,30). The molecule has 11 heteroatoms. The lowest BCUT2D eigenvalue weighted by molar-refractivity contribution is 0.250. The minimum Gasteiger partial charge on any atom is -0.493 e. The molecule has 2 amide bonds. The van der Waals surface area contributed by atoms with E-state index in [0.717, 1.165) is 15.4 Å². The van der Waals surface area contributed by atoms with Crippen LogP contribution in [0.15, 0.2) is 48.9 Å². The smallest absolute Gasteiger partial charge is 0.333 e. The molecule has 0 unspecified atom stereocenters. The largest absolute Gasteiger partial charge is 0.493 e. The van der Waals surface area contributed by atoms with Gasteiger partial charge in [-0.25, -0.2) is 19.1 Å². The lowest BCUT2D eigenvalue weighted by Crippen LogP contribution is -2.34. The Bertz CT molecular complexity index is 1290. The molecule has 0 fully saturated rings. The van der Waals surface area contributed by atoms with Crippen LogP contribution in [0.3, 0.4) is 0 Å². The van der Waals surface area contributed by atoms with E-state index in [2.05, 4.69) is 38.2 Å². The number of rotatable bonds is 7. The lowest BCUT2D eigenvalue weighted by atomic mass is 10.2. The SMILES string of the molecule is CCNC(=O)N(S)c1ccc2ncc(-c3cnn(Cc4cccc(OC)c4OC)c3)nc2n1. The zero-order valence-electron chi connectivity index (χ0n) is 18.4. The van der Waals surface area contributed by atoms with Gasteiger partial charge in [0.05, 0.1) is 38.9 Å². The molecule has 10 nitrogen and oxygen atoms in total. The van der Waals surface area contributed by atoms with Crippen molar-refractivity contribution in [1.82, 2.24) is 30.0 Å². The number of thiol groups is 1. The number of carbonyl (C=O) groups is 1. The molecular weight excluding hydrogens is 442 g/mol. The van der Waals surface area contributed by atoms with E-state index in [1.54, 1.807) is 43.4 Å². The van der Waals surface area contributed by atoms with Crippen LogP contribution in [0.2, 0.25) is 0 Å². The van der Waals surface area contributed by atoms with Gasteiger partial charge < -0.3 is 14.8 Å². The Kier molecular flexibility index (Phi) is 6.59. The fourth-order valence-electron chi connectivity index (χ4n) is 3.31. The second kappa shape index (κ2) is 9.74. The number of carbonyl (C=O) groups excluding carboxylic acids is 1. The summed E-state index contributed by atoms with van der Waals surface area (Å²) in [6, 6.07) is 8.76. The molecule has 0 bridgehead atoms. The summed E-state index contributed by atoms with van der Waals surface area (Å²) in [5.41, 5.74) is 3.33.